The van der Waals surface area contributed by atoms with Crippen molar-refractivity contribution in [3.05, 3.63) is 52.6 Å². The van der Waals surface area contributed by atoms with Gasteiger partial charge in [-0.2, -0.15) is 4.31 Å². The van der Waals surface area contributed by atoms with Crippen molar-refractivity contribution in [2.45, 2.75) is 11.3 Å². The maximum Gasteiger partial charge on any atom is 0.292 e. The third-order valence-corrected chi connectivity index (χ3v) is 7.39. The summed E-state index contributed by atoms with van der Waals surface area (Å²) in [6.45, 7) is 1.93. The summed E-state index contributed by atoms with van der Waals surface area (Å²) in [6.07, 6.45) is 0.140. The van der Waals surface area contributed by atoms with Gasteiger partial charge in [0.05, 0.1) is 9.82 Å². The van der Waals surface area contributed by atoms with Gasteiger partial charge in [0.15, 0.2) is 11.5 Å². The van der Waals surface area contributed by atoms with Gasteiger partial charge in [0.25, 0.3) is 5.69 Å². The van der Waals surface area contributed by atoms with Crippen LogP contribution >= 0.6 is 0 Å². The molecule has 0 saturated carbocycles. The molecule has 176 valence electrons. The molecule has 12 heteroatoms. The fraction of sp³-hybridized carbons (Fsp3) is 0.381. The third kappa shape index (κ3) is 5.01. The fourth-order valence-electron chi connectivity index (χ4n) is 3.76. The van der Waals surface area contributed by atoms with E-state index in [1.165, 1.54) is 22.5 Å². The molecule has 0 aliphatic carbocycles. The number of nitrogens with zero attached hydrogens (tertiary/aromatic N) is 3. The van der Waals surface area contributed by atoms with Crippen LogP contribution in [0.15, 0.2) is 47.4 Å². The number of sulfonamides is 1. The molecule has 0 atom stereocenters. The Morgan fingerprint density at radius 3 is 2.45 bits per heavy atom. The van der Waals surface area contributed by atoms with E-state index < -0.39 is 14.9 Å². The van der Waals surface area contributed by atoms with E-state index in [4.69, 9.17) is 9.47 Å². The number of nitro groups is 1. The van der Waals surface area contributed by atoms with E-state index in [2.05, 4.69) is 5.32 Å². The Bertz CT molecular complexity index is 1150. The minimum absolute atomic E-state index is 0.0529. The molecule has 2 aliphatic heterocycles. The lowest BCUT2D eigenvalue weighted by molar-refractivity contribution is -0.384. The van der Waals surface area contributed by atoms with Gasteiger partial charge in [-0.15, -0.1) is 0 Å². The number of nitrogens with one attached hydrogen (secondary N) is 1. The molecule has 0 aromatic heterocycles. The highest BCUT2D eigenvalue weighted by Gasteiger charge is 2.31. The smallest absolute Gasteiger partial charge is 0.292 e. The van der Waals surface area contributed by atoms with E-state index in [9.17, 15) is 23.3 Å². The predicted octanol–water partition coefficient (Wildman–Crippen LogP) is 1.70. The van der Waals surface area contributed by atoms with Gasteiger partial charge >= 0.3 is 0 Å². The van der Waals surface area contributed by atoms with Gasteiger partial charge in [-0.3, -0.25) is 14.9 Å². The van der Waals surface area contributed by atoms with Crippen LogP contribution < -0.4 is 14.8 Å². The largest absolute Gasteiger partial charge is 0.486 e. The van der Waals surface area contributed by atoms with Gasteiger partial charge in [0.1, 0.15) is 18.9 Å². The van der Waals surface area contributed by atoms with Crippen molar-refractivity contribution in [2.24, 2.45) is 0 Å². The predicted molar refractivity (Wildman–Crippen MR) is 119 cm³/mol. The van der Waals surface area contributed by atoms with Crippen LogP contribution in [0.25, 0.3) is 0 Å². The molecule has 33 heavy (non-hydrogen) atoms. The van der Waals surface area contributed by atoms with Crippen LogP contribution in [0.3, 0.4) is 0 Å². The average Bonchev–Trinajstić information content (AvgIpc) is 2.84. The Kier molecular flexibility index (Phi) is 6.65. The molecule has 0 spiro atoms. The zero-order chi connectivity index (χ0) is 23.4. The Labute approximate surface area is 191 Å². The lowest BCUT2D eigenvalue weighted by Crippen LogP contribution is -2.50. The minimum Gasteiger partial charge on any atom is -0.486 e. The van der Waals surface area contributed by atoms with Gasteiger partial charge in [-0.1, -0.05) is 12.1 Å². The number of para-hydroxylation sites is 2. The summed E-state index contributed by atoms with van der Waals surface area (Å²) in [5.41, 5.74) is 0.300. The maximum atomic E-state index is 13.0. The molecule has 2 aromatic rings. The molecule has 0 radical (unpaired) electrons. The van der Waals surface area contributed by atoms with Gasteiger partial charge < -0.3 is 19.7 Å². The Hall–Kier alpha value is -3.38. The van der Waals surface area contributed by atoms with Gasteiger partial charge in [0.2, 0.25) is 15.9 Å². The molecule has 2 heterocycles. The third-order valence-electron chi connectivity index (χ3n) is 5.50. The van der Waals surface area contributed by atoms with Gasteiger partial charge in [-0.25, -0.2) is 8.42 Å². The van der Waals surface area contributed by atoms with Crippen molar-refractivity contribution in [2.75, 3.05) is 51.3 Å². The first-order chi connectivity index (χ1) is 15.9. The first-order valence-electron chi connectivity index (χ1n) is 10.5. The topological polar surface area (TPSA) is 131 Å². The molecule has 1 N–H and O–H groups in total. The van der Waals surface area contributed by atoms with E-state index >= 15 is 0 Å². The molecule has 1 saturated heterocycles. The lowest BCUT2D eigenvalue weighted by atomic mass is 10.2. The first kappa shape index (κ1) is 22.8. The molecule has 4 rings (SSSR count). The Morgan fingerprint density at radius 1 is 1.03 bits per heavy atom. The molecule has 2 aromatic carbocycles. The van der Waals surface area contributed by atoms with E-state index in [1.807, 2.05) is 0 Å². The number of amides is 1. The number of rotatable bonds is 7. The van der Waals surface area contributed by atoms with Crippen LogP contribution in [0, 0.1) is 10.1 Å². The van der Waals surface area contributed by atoms with Gasteiger partial charge in [0, 0.05) is 51.3 Å². The van der Waals surface area contributed by atoms with Gasteiger partial charge in [-0.05, 0) is 18.2 Å². The second-order valence-electron chi connectivity index (χ2n) is 7.54. The molecule has 11 nitrogen and oxygen atoms in total. The molecular weight excluding hydrogens is 452 g/mol. The van der Waals surface area contributed by atoms with Crippen LogP contribution in [-0.4, -0.2) is 74.4 Å². The van der Waals surface area contributed by atoms with Crippen molar-refractivity contribution in [3.63, 3.8) is 0 Å². The normalized spacial score (nSPS) is 16.3. The number of benzene rings is 2. The standard InChI is InChI=1S/C21H24N4O7S/c26-21(7-8-22-17-3-1-2-4-18(17)25(27)28)23-9-11-24(12-10-23)33(29,30)16-5-6-19-20(15-16)32-14-13-31-19/h1-6,15,22H,7-14H2. The molecule has 1 amide bonds. The average molecular weight is 477 g/mol. The minimum atomic E-state index is -3.73. The number of hydrogen-bond acceptors (Lipinski definition) is 8. The molecule has 0 bridgehead atoms. The zero-order valence-electron chi connectivity index (χ0n) is 17.8. The summed E-state index contributed by atoms with van der Waals surface area (Å²) >= 11 is 0. The van der Waals surface area contributed by atoms with Crippen LogP contribution in [0.5, 0.6) is 11.5 Å². The molecule has 2 aliphatic rings. The van der Waals surface area contributed by atoms with Crippen molar-refractivity contribution in [1.82, 2.24) is 9.21 Å². The van der Waals surface area contributed by atoms with Crippen LogP contribution in [0.2, 0.25) is 0 Å². The number of anilines is 1. The van der Waals surface area contributed by atoms with Crippen molar-refractivity contribution >= 4 is 27.3 Å². The van der Waals surface area contributed by atoms with Crippen molar-refractivity contribution in [1.29, 1.82) is 0 Å². The molecule has 0 unspecified atom stereocenters. The summed E-state index contributed by atoms with van der Waals surface area (Å²) in [5.74, 6) is 0.782. The Balaban J connectivity index is 1.30. The number of carbonyl (C=O) groups excluding carboxylic acids is 1. The first-order valence-corrected chi connectivity index (χ1v) is 11.9. The maximum absolute atomic E-state index is 13.0. The highest BCUT2D eigenvalue weighted by molar-refractivity contribution is 7.89. The van der Waals surface area contributed by atoms with E-state index in [0.29, 0.717) is 30.4 Å². The number of carbonyl (C=O) groups is 1. The van der Waals surface area contributed by atoms with Crippen LogP contribution in [-0.2, 0) is 14.8 Å². The number of nitro benzene ring substituents is 1. The Morgan fingerprint density at radius 2 is 1.73 bits per heavy atom. The number of piperazine rings is 1. The lowest BCUT2D eigenvalue weighted by Gasteiger charge is -2.34. The number of hydrogen-bond donors (Lipinski definition) is 1. The van der Waals surface area contributed by atoms with E-state index in [1.54, 1.807) is 29.2 Å². The van der Waals surface area contributed by atoms with Crippen molar-refractivity contribution < 1.29 is 27.6 Å². The summed E-state index contributed by atoms with van der Waals surface area (Å²) in [6, 6.07) is 10.8. The highest BCUT2D eigenvalue weighted by atomic mass is 32.2. The van der Waals surface area contributed by atoms with Crippen LogP contribution in [0.4, 0.5) is 11.4 Å². The summed E-state index contributed by atoms with van der Waals surface area (Å²) in [7, 11) is -3.73. The number of fused-ring (bicyclic) bond motifs is 1. The second-order valence-corrected chi connectivity index (χ2v) is 9.48. The molecular formula is C21H24N4O7S. The monoisotopic (exact) mass is 476 g/mol. The molecule has 1 fully saturated rings. The summed E-state index contributed by atoms with van der Waals surface area (Å²) in [4.78, 5) is 24.9. The quantitative estimate of drug-likeness (QED) is 0.472. The van der Waals surface area contributed by atoms with E-state index in [-0.39, 0.29) is 55.6 Å². The second kappa shape index (κ2) is 9.63. The number of ether oxygens (including phenoxy) is 2. The van der Waals surface area contributed by atoms with Crippen LogP contribution in [0.1, 0.15) is 6.42 Å². The highest BCUT2D eigenvalue weighted by Crippen LogP contribution is 2.33. The fourth-order valence-corrected chi connectivity index (χ4v) is 5.19. The summed E-state index contributed by atoms with van der Waals surface area (Å²) in [5, 5.41) is 14.0. The van der Waals surface area contributed by atoms with Crippen molar-refractivity contribution in [3.8, 4) is 11.5 Å². The summed E-state index contributed by atoms with van der Waals surface area (Å²) < 4.78 is 38.3. The van der Waals surface area contributed by atoms with E-state index in [0.717, 1.165) is 0 Å². The zero-order valence-corrected chi connectivity index (χ0v) is 18.6. The SMILES string of the molecule is O=C(CCNc1ccccc1[N+](=O)[O-])N1CCN(S(=O)(=O)c2ccc3c(c2)OCCO3)CC1.